The van der Waals surface area contributed by atoms with Crippen LogP contribution in [0.4, 0.5) is 0 Å². The average Bonchev–Trinajstić information content (AvgIpc) is 2.94. The highest BCUT2D eigenvalue weighted by Gasteiger charge is 2.10. The van der Waals surface area contributed by atoms with Crippen molar-refractivity contribution in [1.29, 1.82) is 0 Å². The minimum absolute atomic E-state index is 0.476. The van der Waals surface area contributed by atoms with Gasteiger partial charge in [-0.15, -0.1) is 0 Å². The van der Waals surface area contributed by atoms with E-state index in [-0.39, 0.29) is 0 Å². The minimum atomic E-state index is 0.476. The molecule has 0 unspecified atom stereocenters. The molecule has 2 aromatic rings. The molecule has 21 heavy (non-hydrogen) atoms. The quantitative estimate of drug-likeness (QED) is 0.736. The van der Waals surface area contributed by atoms with Gasteiger partial charge in [-0.2, -0.15) is 0 Å². The van der Waals surface area contributed by atoms with Gasteiger partial charge >= 0.3 is 0 Å². The first-order valence-corrected chi connectivity index (χ1v) is 8.16. The largest absolute Gasteiger partial charge is 0.484 e. The van der Waals surface area contributed by atoms with Crippen LogP contribution in [0, 0.1) is 0 Å². The van der Waals surface area contributed by atoms with Crippen LogP contribution in [0.25, 0.3) is 0 Å². The molecule has 0 fully saturated rings. The van der Waals surface area contributed by atoms with Gasteiger partial charge in [0.1, 0.15) is 18.2 Å². The number of rotatable bonds is 8. The molecular formula is C16H22BrN3O. The number of hydrogen-bond acceptors (Lipinski definition) is 3. The second kappa shape index (κ2) is 8.20. The summed E-state index contributed by atoms with van der Waals surface area (Å²) >= 11 is 3.58. The molecule has 1 heterocycles. The van der Waals surface area contributed by atoms with Crippen molar-refractivity contribution >= 4 is 15.9 Å². The van der Waals surface area contributed by atoms with Crippen molar-refractivity contribution in [2.24, 2.45) is 0 Å². The molecule has 114 valence electrons. The SMILES string of the molecule is CCCNCc1cccc(Br)c1OCc1nccn1CC. The summed E-state index contributed by atoms with van der Waals surface area (Å²) in [5.74, 6) is 1.84. The van der Waals surface area contributed by atoms with E-state index >= 15 is 0 Å². The molecule has 0 bridgehead atoms. The lowest BCUT2D eigenvalue weighted by Crippen LogP contribution is -2.15. The van der Waals surface area contributed by atoms with Crippen LogP contribution in [0.15, 0.2) is 35.1 Å². The van der Waals surface area contributed by atoms with Crippen LogP contribution in [0.2, 0.25) is 0 Å². The molecule has 1 aromatic heterocycles. The Kier molecular flexibility index (Phi) is 6.26. The van der Waals surface area contributed by atoms with Crippen molar-refractivity contribution in [3.05, 3.63) is 46.5 Å². The summed E-state index contributed by atoms with van der Waals surface area (Å²) in [4.78, 5) is 4.34. The van der Waals surface area contributed by atoms with Crippen LogP contribution in [0.5, 0.6) is 5.75 Å². The lowest BCUT2D eigenvalue weighted by atomic mass is 10.2. The zero-order valence-corrected chi connectivity index (χ0v) is 14.2. The number of imidazole rings is 1. The normalized spacial score (nSPS) is 10.8. The van der Waals surface area contributed by atoms with Gasteiger partial charge in [-0.3, -0.25) is 0 Å². The van der Waals surface area contributed by atoms with Gasteiger partial charge in [-0.1, -0.05) is 19.1 Å². The number of hydrogen-bond donors (Lipinski definition) is 1. The van der Waals surface area contributed by atoms with Crippen molar-refractivity contribution in [2.75, 3.05) is 6.54 Å². The molecule has 5 heteroatoms. The van der Waals surface area contributed by atoms with E-state index in [1.54, 1.807) is 0 Å². The maximum absolute atomic E-state index is 6.02. The lowest BCUT2D eigenvalue weighted by Gasteiger charge is -2.14. The maximum atomic E-state index is 6.02. The summed E-state index contributed by atoms with van der Waals surface area (Å²) in [7, 11) is 0. The van der Waals surface area contributed by atoms with Gasteiger partial charge in [0.2, 0.25) is 0 Å². The van der Waals surface area contributed by atoms with Crippen LogP contribution in [-0.4, -0.2) is 16.1 Å². The average molecular weight is 352 g/mol. The molecule has 0 aliphatic rings. The van der Waals surface area contributed by atoms with E-state index in [1.165, 1.54) is 0 Å². The number of nitrogens with zero attached hydrogens (tertiary/aromatic N) is 2. The molecule has 2 rings (SSSR count). The molecule has 0 atom stereocenters. The van der Waals surface area contributed by atoms with Crippen LogP contribution in [0.3, 0.4) is 0 Å². The van der Waals surface area contributed by atoms with E-state index in [0.717, 1.165) is 47.7 Å². The molecule has 4 nitrogen and oxygen atoms in total. The minimum Gasteiger partial charge on any atom is -0.484 e. The molecule has 0 aliphatic carbocycles. The molecular weight excluding hydrogens is 330 g/mol. The summed E-state index contributed by atoms with van der Waals surface area (Å²) < 4.78 is 9.08. The maximum Gasteiger partial charge on any atom is 0.146 e. The number of para-hydroxylation sites is 1. The number of benzene rings is 1. The highest BCUT2D eigenvalue weighted by Crippen LogP contribution is 2.29. The monoisotopic (exact) mass is 351 g/mol. The third-order valence-corrected chi connectivity index (χ3v) is 3.90. The first kappa shape index (κ1) is 16.0. The molecule has 1 aromatic carbocycles. The number of aromatic nitrogens is 2. The highest BCUT2D eigenvalue weighted by atomic mass is 79.9. The van der Waals surface area contributed by atoms with E-state index in [4.69, 9.17) is 4.74 Å². The Hall–Kier alpha value is -1.33. The predicted molar refractivity (Wildman–Crippen MR) is 88.4 cm³/mol. The number of nitrogens with one attached hydrogen (secondary N) is 1. The van der Waals surface area contributed by atoms with Gasteiger partial charge in [-0.05, 0) is 41.9 Å². The van der Waals surface area contributed by atoms with Crippen LogP contribution >= 0.6 is 15.9 Å². The van der Waals surface area contributed by atoms with Crippen molar-refractivity contribution < 1.29 is 4.74 Å². The van der Waals surface area contributed by atoms with Crippen LogP contribution < -0.4 is 10.1 Å². The summed E-state index contributed by atoms with van der Waals surface area (Å²) in [5, 5.41) is 3.41. The van der Waals surface area contributed by atoms with Crippen molar-refractivity contribution in [3.63, 3.8) is 0 Å². The van der Waals surface area contributed by atoms with Gasteiger partial charge in [0.25, 0.3) is 0 Å². The third-order valence-electron chi connectivity index (χ3n) is 3.28. The molecule has 0 spiro atoms. The van der Waals surface area contributed by atoms with Crippen molar-refractivity contribution in [2.45, 2.75) is 40.0 Å². The fraction of sp³-hybridized carbons (Fsp3) is 0.438. The molecule has 0 radical (unpaired) electrons. The van der Waals surface area contributed by atoms with E-state index in [1.807, 2.05) is 24.5 Å². The Bertz CT molecular complexity index is 568. The summed E-state index contributed by atoms with van der Waals surface area (Å²) in [6, 6.07) is 6.13. The van der Waals surface area contributed by atoms with Gasteiger partial charge in [0, 0.05) is 31.0 Å². The molecule has 0 aliphatic heterocycles. The number of aryl methyl sites for hydroxylation is 1. The highest BCUT2D eigenvalue weighted by molar-refractivity contribution is 9.10. The molecule has 0 saturated carbocycles. The Morgan fingerprint density at radius 2 is 2.19 bits per heavy atom. The molecule has 1 N–H and O–H groups in total. The second-order valence-electron chi connectivity index (χ2n) is 4.82. The molecule has 0 amide bonds. The Morgan fingerprint density at radius 3 is 2.95 bits per heavy atom. The second-order valence-corrected chi connectivity index (χ2v) is 5.68. The summed E-state index contributed by atoms with van der Waals surface area (Å²) in [6.07, 6.45) is 4.91. The lowest BCUT2D eigenvalue weighted by molar-refractivity contribution is 0.284. The Labute approximate surface area is 134 Å². The van der Waals surface area contributed by atoms with Crippen molar-refractivity contribution in [3.8, 4) is 5.75 Å². The summed E-state index contributed by atoms with van der Waals surface area (Å²) in [5.41, 5.74) is 1.16. The van der Waals surface area contributed by atoms with E-state index in [0.29, 0.717) is 6.61 Å². The van der Waals surface area contributed by atoms with Gasteiger partial charge < -0.3 is 14.6 Å². The van der Waals surface area contributed by atoms with Gasteiger partial charge in [-0.25, -0.2) is 4.98 Å². The molecule has 0 saturated heterocycles. The zero-order valence-electron chi connectivity index (χ0n) is 12.6. The Balaban J connectivity index is 2.07. The van der Waals surface area contributed by atoms with Crippen LogP contribution in [-0.2, 0) is 19.7 Å². The smallest absolute Gasteiger partial charge is 0.146 e. The summed E-state index contributed by atoms with van der Waals surface area (Å²) in [6.45, 7) is 7.46. The standard InChI is InChI=1S/C16H22BrN3O/c1-3-8-18-11-13-6-5-7-14(17)16(13)21-12-15-19-9-10-20(15)4-2/h5-7,9-10,18H,3-4,8,11-12H2,1-2H3. The topological polar surface area (TPSA) is 39.1 Å². The zero-order chi connectivity index (χ0) is 15.1. The third kappa shape index (κ3) is 4.32. The van der Waals surface area contributed by atoms with Gasteiger partial charge in [0.15, 0.2) is 0 Å². The number of halogens is 1. The Morgan fingerprint density at radius 1 is 1.33 bits per heavy atom. The van der Waals surface area contributed by atoms with Crippen LogP contribution in [0.1, 0.15) is 31.7 Å². The fourth-order valence-electron chi connectivity index (χ4n) is 2.16. The first-order valence-electron chi connectivity index (χ1n) is 7.37. The van der Waals surface area contributed by atoms with Crippen molar-refractivity contribution in [1.82, 2.24) is 14.9 Å². The predicted octanol–water partition coefficient (Wildman–Crippen LogP) is 3.74. The number of ether oxygens (including phenoxy) is 1. The fourth-order valence-corrected chi connectivity index (χ4v) is 2.68. The van der Waals surface area contributed by atoms with E-state index < -0.39 is 0 Å². The van der Waals surface area contributed by atoms with Gasteiger partial charge in [0.05, 0.1) is 4.47 Å². The first-order chi connectivity index (χ1) is 10.3. The van der Waals surface area contributed by atoms with E-state index in [2.05, 4.69) is 50.7 Å². The van der Waals surface area contributed by atoms with E-state index in [9.17, 15) is 0 Å².